The molecule has 0 saturated heterocycles. The average molecular weight is 207 g/mol. The summed E-state index contributed by atoms with van der Waals surface area (Å²) in [5.41, 5.74) is 5.61. The van der Waals surface area contributed by atoms with Crippen LogP contribution < -0.4 is 11.1 Å². The van der Waals surface area contributed by atoms with Crippen LogP contribution in [0.2, 0.25) is 0 Å². The SMILES string of the molecule is COC1(CNc2cccc(N)n2)CCC1. The number of rotatable bonds is 4. The van der Waals surface area contributed by atoms with Crippen molar-refractivity contribution in [2.45, 2.75) is 24.9 Å². The minimum Gasteiger partial charge on any atom is -0.384 e. The molecule has 0 aliphatic heterocycles. The van der Waals surface area contributed by atoms with Crippen LogP contribution in [0.15, 0.2) is 18.2 Å². The lowest BCUT2D eigenvalue weighted by Crippen LogP contribution is -2.45. The van der Waals surface area contributed by atoms with E-state index >= 15 is 0 Å². The van der Waals surface area contributed by atoms with Gasteiger partial charge in [-0.05, 0) is 31.4 Å². The summed E-state index contributed by atoms with van der Waals surface area (Å²) in [4.78, 5) is 4.18. The van der Waals surface area contributed by atoms with Crippen molar-refractivity contribution < 1.29 is 4.74 Å². The molecule has 1 heterocycles. The van der Waals surface area contributed by atoms with Crippen LogP contribution in [-0.4, -0.2) is 24.2 Å². The Morgan fingerprint density at radius 3 is 2.87 bits per heavy atom. The zero-order valence-corrected chi connectivity index (χ0v) is 8.99. The Kier molecular flexibility index (Phi) is 2.77. The van der Waals surface area contributed by atoms with Gasteiger partial charge in [0.05, 0.1) is 5.60 Å². The van der Waals surface area contributed by atoms with E-state index in [1.165, 1.54) is 6.42 Å². The van der Waals surface area contributed by atoms with Gasteiger partial charge >= 0.3 is 0 Å². The minimum atomic E-state index is 0.0201. The van der Waals surface area contributed by atoms with Crippen molar-refractivity contribution in [1.82, 2.24) is 4.98 Å². The van der Waals surface area contributed by atoms with E-state index < -0.39 is 0 Å². The van der Waals surface area contributed by atoms with Crippen molar-refractivity contribution in [2.75, 3.05) is 24.7 Å². The molecule has 0 unspecified atom stereocenters. The number of hydrogen-bond donors (Lipinski definition) is 2. The molecule has 82 valence electrons. The molecular weight excluding hydrogens is 190 g/mol. The number of methoxy groups -OCH3 is 1. The summed E-state index contributed by atoms with van der Waals surface area (Å²) in [6, 6.07) is 5.59. The van der Waals surface area contributed by atoms with Crippen molar-refractivity contribution in [3.8, 4) is 0 Å². The van der Waals surface area contributed by atoms with Crippen LogP contribution in [-0.2, 0) is 4.74 Å². The topological polar surface area (TPSA) is 60.2 Å². The molecule has 1 saturated carbocycles. The number of anilines is 2. The number of aromatic nitrogens is 1. The van der Waals surface area contributed by atoms with Crippen LogP contribution in [0.25, 0.3) is 0 Å². The van der Waals surface area contributed by atoms with Gasteiger partial charge in [-0.25, -0.2) is 4.98 Å². The smallest absolute Gasteiger partial charge is 0.128 e. The van der Waals surface area contributed by atoms with Crippen LogP contribution in [0.1, 0.15) is 19.3 Å². The van der Waals surface area contributed by atoms with Gasteiger partial charge in [-0.3, -0.25) is 0 Å². The molecule has 3 N–H and O–H groups in total. The van der Waals surface area contributed by atoms with Gasteiger partial charge in [0.15, 0.2) is 0 Å². The molecule has 0 spiro atoms. The molecule has 0 aromatic carbocycles. The summed E-state index contributed by atoms with van der Waals surface area (Å²) in [5.74, 6) is 1.36. The fourth-order valence-electron chi connectivity index (χ4n) is 1.83. The first-order valence-electron chi connectivity index (χ1n) is 5.26. The average Bonchev–Trinajstić information content (AvgIpc) is 2.17. The highest BCUT2D eigenvalue weighted by atomic mass is 16.5. The molecule has 4 nitrogen and oxygen atoms in total. The normalized spacial score (nSPS) is 18.2. The Labute approximate surface area is 89.8 Å². The van der Waals surface area contributed by atoms with Gasteiger partial charge in [-0.1, -0.05) is 6.07 Å². The lowest BCUT2D eigenvalue weighted by molar-refractivity contribution is -0.0601. The second kappa shape index (κ2) is 4.06. The van der Waals surface area contributed by atoms with E-state index in [9.17, 15) is 0 Å². The summed E-state index contributed by atoms with van der Waals surface area (Å²) in [6.07, 6.45) is 3.50. The van der Waals surface area contributed by atoms with Crippen molar-refractivity contribution in [3.63, 3.8) is 0 Å². The van der Waals surface area contributed by atoms with Gasteiger partial charge in [0.2, 0.25) is 0 Å². The largest absolute Gasteiger partial charge is 0.384 e. The van der Waals surface area contributed by atoms with Crippen LogP contribution in [0.4, 0.5) is 11.6 Å². The number of nitrogen functional groups attached to an aromatic ring is 1. The molecule has 1 aromatic heterocycles. The van der Waals surface area contributed by atoms with E-state index in [-0.39, 0.29) is 5.60 Å². The Hall–Kier alpha value is -1.29. The number of pyridine rings is 1. The van der Waals surface area contributed by atoms with E-state index in [0.717, 1.165) is 25.2 Å². The highest BCUT2D eigenvalue weighted by molar-refractivity contribution is 5.42. The van der Waals surface area contributed by atoms with E-state index in [2.05, 4.69) is 10.3 Å². The van der Waals surface area contributed by atoms with E-state index in [1.54, 1.807) is 13.2 Å². The third-order valence-corrected chi connectivity index (χ3v) is 3.06. The molecule has 0 atom stereocenters. The number of nitrogens with two attached hydrogens (primary N) is 1. The summed E-state index contributed by atoms with van der Waals surface area (Å²) >= 11 is 0. The standard InChI is InChI=1S/C11H17N3O/c1-15-11(6-3-7-11)8-13-10-5-2-4-9(12)14-10/h2,4-5H,3,6-8H2,1H3,(H3,12,13,14). The molecule has 15 heavy (non-hydrogen) atoms. The summed E-state index contributed by atoms with van der Waals surface area (Å²) in [7, 11) is 1.77. The van der Waals surface area contributed by atoms with Crippen molar-refractivity contribution >= 4 is 11.6 Å². The van der Waals surface area contributed by atoms with Gasteiger partial charge in [0.25, 0.3) is 0 Å². The van der Waals surface area contributed by atoms with E-state index in [4.69, 9.17) is 10.5 Å². The molecule has 1 aliphatic rings. The summed E-state index contributed by atoms with van der Waals surface area (Å²) < 4.78 is 5.50. The number of ether oxygens (including phenoxy) is 1. The van der Waals surface area contributed by atoms with Crippen LogP contribution in [0, 0.1) is 0 Å². The maximum Gasteiger partial charge on any atom is 0.128 e. The molecular formula is C11H17N3O. The van der Waals surface area contributed by atoms with Crippen LogP contribution >= 0.6 is 0 Å². The second-order valence-electron chi connectivity index (χ2n) is 4.04. The Morgan fingerprint density at radius 2 is 2.33 bits per heavy atom. The van der Waals surface area contributed by atoms with E-state index in [1.807, 2.05) is 12.1 Å². The monoisotopic (exact) mass is 207 g/mol. The Bertz CT molecular complexity index is 331. The van der Waals surface area contributed by atoms with Crippen molar-refractivity contribution in [3.05, 3.63) is 18.2 Å². The number of hydrogen-bond acceptors (Lipinski definition) is 4. The zero-order valence-electron chi connectivity index (χ0n) is 8.99. The molecule has 1 fully saturated rings. The first-order valence-corrected chi connectivity index (χ1v) is 5.26. The van der Waals surface area contributed by atoms with Crippen LogP contribution in [0.3, 0.4) is 0 Å². The molecule has 1 aromatic rings. The van der Waals surface area contributed by atoms with Gasteiger partial charge in [0, 0.05) is 13.7 Å². The Balaban J connectivity index is 1.92. The van der Waals surface area contributed by atoms with Gasteiger partial charge in [-0.2, -0.15) is 0 Å². The molecule has 2 rings (SSSR count). The van der Waals surface area contributed by atoms with Gasteiger partial charge in [0.1, 0.15) is 11.6 Å². The zero-order chi connectivity index (χ0) is 10.7. The molecule has 0 bridgehead atoms. The molecule has 0 radical (unpaired) electrons. The summed E-state index contributed by atoms with van der Waals surface area (Å²) in [5, 5.41) is 3.26. The third kappa shape index (κ3) is 2.21. The third-order valence-electron chi connectivity index (χ3n) is 3.06. The van der Waals surface area contributed by atoms with Gasteiger partial charge in [-0.15, -0.1) is 0 Å². The fourth-order valence-corrected chi connectivity index (χ4v) is 1.83. The summed E-state index contributed by atoms with van der Waals surface area (Å²) in [6.45, 7) is 0.806. The van der Waals surface area contributed by atoms with Crippen LogP contribution in [0.5, 0.6) is 0 Å². The fraction of sp³-hybridized carbons (Fsp3) is 0.545. The number of nitrogens with zero attached hydrogens (tertiary/aromatic N) is 1. The highest BCUT2D eigenvalue weighted by Gasteiger charge is 2.36. The van der Waals surface area contributed by atoms with Crippen molar-refractivity contribution in [1.29, 1.82) is 0 Å². The lowest BCUT2D eigenvalue weighted by Gasteiger charge is -2.40. The predicted molar refractivity (Wildman–Crippen MR) is 60.7 cm³/mol. The second-order valence-corrected chi connectivity index (χ2v) is 4.04. The molecule has 1 aliphatic carbocycles. The Morgan fingerprint density at radius 1 is 1.53 bits per heavy atom. The maximum absolute atomic E-state index is 5.59. The molecule has 0 amide bonds. The number of nitrogens with one attached hydrogen (secondary N) is 1. The van der Waals surface area contributed by atoms with E-state index in [0.29, 0.717) is 5.82 Å². The molecule has 4 heteroatoms. The van der Waals surface area contributed by atoms with Crippen molar-refractivity contribution in [2.24, 2.45) is 0 Å². The predicted octanol–water partition coefficient (Wildman–Crippen LogP) is 1.64. The quantitative estimate of drug-likeness (QED) is 0.788. The minimum absolute atomic E-state index is 0.0201. The first kappa shape index (κ1) is 10.2. The first-order chi connectivity index (χ1) is 7.24. The van der Waals surface area contributed by atoms with Gasteiger partial charge < -0.3 is 15.8 Å². The highest BCUT2D eigenvalue weighted by Crippen LogP contribution is 2.34. The lowest BCUT2D eigenvalue weighted by atomic mass is 9.80. The maximum atomic E-state index is 5.59.